The van der Waals surface area contributed by atoms with E-state index in [-0.39, 0.29) is 5.97 Å². The van der Waals surface area contributed by atoms with Crippen LogP contribution >= 0.6 is 0 Å². The van der Waals surface area contributed by atoms with Crippen molar-refractivity contribution in [3.63, 3.8) is 0 Å². The smallest absolute Gasteiger partial charge is 0.323 e. The largest absolute Gasteiger partial charge is 0.426 e. The number of esters is 1. The zero-order chi connectivity index (χ0) is 22.2. The zero-order valence-corrected chi connectivity index (χ0v) is 17.4. The fourth-order valence-electron chi connectivity index (χ4n) is 3.56. The van der Waals surface area contributed by atoms with Gasteiger partial charge in [0, 0.05) is 0 Å². The van der Waals surface area contributed by atoms with Gasteiger partial charge in [0.2, 0.25) is 0 Å². The van der Waals surface area contributed by atoms with Gasteiger partial charge in [-0.25, -0.2) is 0 Å². The van der Waals surface area contributed by atoms with E-state index in [0.29, 0.717) is 11.3 Å². The van der Waals surface area contributed by atoms with E-state index in [9.17, 15) is 10.1 Å². The molecule has 3 heteroatoms. The molecule has 0 aliphatic heterocycles. The predicted octanol–water partition coefficient (Wildman–Crippen LogP) is 6.49. The molecule has 0 fully saturated rings. The summed E-state index contributed by atoms with van der Waals surface area (Å²) in [5.74, 6) is -0.450. The Morgan fingerprint density at radius 1 is 0.750 bits per heavy atom. The number of ether oxygens (including phenoxy) is 1. The van der Waals surface area contributed by atoms with E-state index >= 15 is 0 Å². The van der Waals surface area contributed by atoms with Crippen molar-refractivity contribution in [1.82, 2.24) is 0 Å². The third-order valence-electron chi connectivity index (χ3n) is 5.09. The molecule has 0 radical (unpaired) electrons. The minimum atomic E-state index is -0.532. The number of carbonyl (C=O) groups excluding carboxylic acids is 1. The van der Waals surface area contributed by atoms with Crippen molar-refractivity contribution < 1.29 is 9.53 Å². The summed E-state index contributed by atoms with van der Waals surface area (Å²) in [7, 11) is 0. The SMILES string of the molecule is N#C/C(=C/c1cccc(OC(=O)C(c2ccccc2)c2ccccc2)c1)c1ccccc1. The molecule has 0 aromatic heterocycles. The van der Waals surface area contributed by atoms with Crippen LogP contribution in [0.3, 0.4) is 0 Å². The fourth-order valence-corrected chi connectivity index (χ4v) is 3.56. The molecule has 0 unspecified atom stereocenters. The lowest BCUT2D eigenvalue weighted by Gasteiger charge is -2.17. The summed E-state index contributed by atoms with van der Waals surface area (Å²) >= 11 is 0. The zero-order valence-electron chi connectivity index (χ0n) is 17.4. The van der Waals surface area contributed by atoms with E-state index < -0.39 is 5.92 Å². The van der Waals surface area contributed by atoms with Gasteiger partial charge in [-0.05, 0) is 40.5 Å². The first-order chi connectivity index (χ1) is 15.7. The maximum absolute atomic E-state index is 13.2. The summed E-state index contributed by atoms with van der Waals surface area (Å²) in [5, 5.41) is 9.58. The molecule has 32 heavy (non-hydrogen) atoms. The first-order valence-electron chi connectivity index (χ1n) is 10.3. The van der Waals surface area contributed by atoms with Crippen LogP contribution in [0.2, 0.25) is 0 Å². The highest BCUT2D eigenvalue weighted by Crippen LogP contribution is 2.28. The minimum absolute atomic E-state index is 0.355. The second kappa shape index (κ2) is 10.1. The predicted molar refractivity (Wildman–Crippen MR) is 127 cm³/mol. The summed E-state index contributed by atoms with van der Waals surface area (Å²) in [6.07, 6.45) is 1.79. The number of allylic oxidation sites excluding steroid dienone is 1. The van der Waals surface area contributed by atoms with Crippen molar-refractivity contribution in [3.8, 4) is 11.8 Å². The van der Waals surface area contributed by atoms with Crippen LogP contribution in [0.4, 0.5) is 0 Å². The van der Waals surface area contributed by atoms with Crippen LogP contribution in [0, 0.1) is 11.3 Å². The summed E-state index contributed by atoms with van der Waals surface area (Å²) in [6, 6.07) is 38.1. The number of hydrogen-bond acceptors (Lipinski definition) is 3. The Hall–Kier alpha value is -4.42. The highest BCUT2D eigenvalue weighted by atomic mass is 16.5. The second-order valence-electron chi connectivity index (χ2n) is 7.28. The summed E-state index contributed by atoms with van der Waals surface area (Å²) in [4.78, 5) is 13.2. The van der Waals surface area contributed by atoms with Gasteiger partial charge in [-0.2, -0.15) is 5.26 Å². The molecule has 0 atom stereocenters. The Morgan fingerprint density at radius 2 is 1.31 bits per heavy atom. The van der Waals surface area contributed by atoms with Crippen LogP contribution in [-0.4, -0.2) is 5.97 Å². The van der Waals surface area contributed by atoms with Crippen molar-refractivity contribution in [2.24, 2.45) is 0 Å². The average Bonchev–Trinajstić information content (AvgIpc) is 2.85. The van der Waals surface area contributed by atoms with Crippen LogP contribution in [0.5, 0.6) is 5.75 Å². The van der Waals surface area contributed by atoms with Crippen molar-refractivity contribution in [3.05, 3.63) is 138 Å². The molecule has 4 aromatic rings. The maximum atomic E-state index is 13.2. The van der Waals surface area contributed by atoms with Gasteiger partial charge in [-0.3, -0.25) is 4.79 Å². The van der Waals surface area contributed by atoms with E-state index in [2.05, 4.69) is 6.07 Å². The average molecular weight is 415 g/mol. The molecule has 0 spiro atoms. The maximum Gasteiger partial charge on any atom is 0.323 e. The second-order valence-corrected chi connectivity index (χ2v) is 7.28. The molecule has 4 aromatic carbocycles. The van der Waals surface area contributed by atoms with E-state index in [4.69, 9.17) is 4.74 Å². The first kappa shape index (κ1) is 20.8. The Morgan fingerprint density at radius 3 is 1.88 bits per heavy atom. The van der Waals surface area contributed by atoms with E-state index in [0.717, 1.165) is 22.3 Å². The first-order valence-corrected chi connectivity index (χ1v) is 10.3. The highest BCUT2D eigenvalue weighted by Gasteiger charge is 2.24. The third-order valence-corrected chi connectivity index (χ3v) is 5.09. The highest BCUT2D eigenvalue weighted by molar-refractivity contribution is 5.90. The van der Waals surface area contributed by atoms with E-state index in [1.165, 1.54) is 0 Å². The fraction of sp³-hybridized carbons (Fsp3) is 0.0345. The summed E-state index contributed by atoms with van der Waals surface area (Å²) < 4.78 is 5.80. The van der Waals surface area contributed by atoms with Gasteiger partial charge < -0.3 is 4.74 Å². The molecule has 4 rings (SSSR count). The van der Waals surface area contributed by atoms with Crippen LogP contribution in [0.25, 0.3) is 11.6 Å². The Labute approximate surface area is 187 Å². The molecule has 0 saturated carbocycles. The molecule has 0 saturated heterocycles. The van der Waals surface area contributed by atoms with E-state index in [1.54, 1.807) is 18.2 Å². The van der Waals surface area contributed by atoms with Crippen LogP contribution in [0.15, 0.2) is 115 Å². The third kappa shape index (κ3) is 5.00. The molecule has 0 N–H and O–H groups in total. The normalized spacial score (nSPS) is 11.1. The van der Waals surface area contributed by atoms with Gasteiger partial charge in [0.1, 0.15) is 11.7 Å². The summed E-state index contributed by atoms with van der Waals surface area (Å²) in [6.45, 7) is 0. The number of carbonyl (C=O) groups is 1. The van der Waals surface area contributed by atoms with Crippen molar-refractivity contribution in [1.29, 1.82) is 5.26 Å². The lowest BCUT2D eigenvalue weighted by molar-refractivity contribution is -0.135. The van der Waals surface area contributed by atoms with Gasteiger partial charge in [0.25, 0.3) is 0 Å². The van der Waals surface area contributed by atoms with Crippen molar-refractivity contribution in [2.45, 2.75) is 5.92 Å². The van der Waals surface area contributed by atoms with Gasteiger partial charge in [0.15, 0.2) is 0 Å². The Kier molecular flexibility index (Phi) is 6.55. The lowest BCUT2D eigenvalue weighted by atomic mass is 9.91. The Balaban J connectivity index is 1.62. The molecular weight excluding hydrogens is 394 g/mol. The molecular formula is C29H21NO2. The lowest BCUT2D eigenvalue weighted by Crippen LogP contribution is -2.20. The van der Waals surface area contributed by atoms with Gasteiger partial charge in [-0.1, -0.05) is 103 Å². The van der Waals surface area contributed by atoms with Gasteiger partial charge in [-0.15, -0.1) is 0 Å². The molecule has 0 aliphatic carbocycles. The number of hydrogen-bond donors (Lipinski definition) is 0. The number of benzene rings is 4. The number of nitriles is 1. The molecule has 0 heterocycles. The topological polar surface area (TPSA) is 50.1 Å². The molecule has 154 valence electrons. The van der Waals surface area contributed by atoms with Gasteiger partial charge >= 0.3 is 5.97 Å². The van der Waals surface area contributed by atoms with Crippen molar-refractivity contribution in [2.75, 3.05) is 0 Å². The molecule has 0 amide bonds. The quantitative estimate of drug-likeness (QED) is 0.157. The van der Waals surface area contributed by atoms with Gasteiger partial charge in [0.05, 0.1) is 11.6 Å². The molecule has 0 aliphatic rings. The van der Waals surface area contributed by atoms with Crippen LogP contribution in [0.1, 0.15) is 28.2 Å². The number of nitrogens with zero attached hydrogens (tertiary/aromatic N) is 1. The Bertz CT molecular complexity index is 1220. The number of rotatable bonds is 6. The standard InChI is InChI=1S/C29H21NO2/c30-21-26(23-12-4-1-5-13-23)19-22-11-10-18-27(20-22)32-29(31)28(24-14-6-2-7-15-24)25-16-8-3-9-17-25/h1-20,28H/b26-19-. The minimum Gasteiger partial charge on any atom is -0.426 e. The van der Waals surface area contributed by atoms with Crippen molar-refractivity contribution >= 4 is 17.6 Å². The van der Waals surface area contributed by atoms with E-state index in [1.807, 2.05) is 103 Å². The molecule has 0 bridgehead atoms. The monoisotopic (exact) mass is 415 g/mol. The van der Waals surface area contributed by atoms with Crippen LogP contribution < -0.4 is 4.74 Å². The van der Waals surface area contributed by atoms with Crippen LogP contribution in [-0.2, 0) is 4.79 Å². The summed E-state index contributed by atoms with van der Waals surface area (Å²) in [5.41, 5.74) is 3.91. The molecule has 3 nitrogen and oxygen atoms in total.